The monoisotopic (exact) mass is 279 g/mol. The minimum absolute atomic E-state index is 0.126. The summed E-state index contributed by atoms with van der Waals surface area (Å²) in [6.45, 7) is 7.74. The molecule has 0 spiro atoms. The molecule has 0 amide bonds. The Bertz CT molecular complexity index is 358. The summed E-state index contributed by atoms with van der Waals surface area (Å²) >= 11 is 0. The second-order valence-corrected chi connectivity index (χ2v) is 5.73. The molecule has 2 heteroatoms. The van der Waals surface area contributed by atoms with Crippen LogP contribution in [0.25, 0.3) is 0 Å². The van der Waals surface area contributed by atoms with Crippen LogP contribution < -0.4 is 5.32 Å². The Kier molecular flexibility index (Phi) is 8.52. The van der Waals surface area contributed by atoms with E-state index in [0.717, 1.165) is 24.9 Å². The van der Waals surface area contributed by atoms with Gasteiger partial charge in [0.2, 0.25) is 0 Å². The normalized spacial score (nSPS) is 12.8. The van der Waals surface area contributed by atoms with Crippen molar-refractivity contribution in [2.24, 2.45) is 5.92 Å². The van der Waals surface area contributed by atoms with Crippen molar-refractivity contribution in [1.82, 2.24) is 5.32 Å². The third-order valence-electron chi connectivity index (χ3n) is 3.89. The van der Waals surface area contributed by atoms with Gasteiger partial charge in [-0.3, -0.25) is 0 Å². The van der Waals surface area contributed by atoms with Crippen molar-refractivity contribution in [3.05, 3.63) is 35.6 Å². The van der Waals surface area contributed by atoms with Gasteiger partial charge in [0.1, 0.15) is 5.82 Å². The van der Waals surface area contributed by atoms with Gasteiger partial charge in [-0.1, -0.05) is 45.7 Å². The second-order valence-electron chi connectivity index (χ2n) is 5.73. The van der Waals surface area contributed by atoms with E-state index < -0.39 is 0 Å². The summed E-state index contributed by atoms with van der Waals surface area (Å²) in [4.78, 5) is 0. The van der Waals surface area contributed by atoms with Gasteiger partial charge in [-0.15, -0.1) is 0 Å². The first-order chi connectivity index (χ1) is 9.71. The minimum atomic E-state index is -0.126. The standard InChI is InChI=1S/C18H30FN/c1-4-8-16(9-5-2)18(20-12-6-3)14-15-10-7-11-17(19)13-15/h7,10-11,13,16,18,20H,4-6,8-9,12,14H2,1-3H3. The van der Waals surface area contributed by atoms with Crippen LogP contribution in [0.3, 0.4) is 0 Å². The van der Waals surface area contributed by atoms with E-state index in [9.17, 15) is 4.39 Å². The maximum atomic E-state index is 13.3. The van der Waals surface area contributed by atoms with Gasteiger partial charge in [-0.2, -0.15) is 0 Å². The number of hydrogen-bond donors (Lipinski definition) is 1. The van der Waals surface area contributed by atoms with Crippen LogP contribution in [0, 0.1) is 11.7 Å². The molecule has 1 aromatic rings. The number of halogens is 1. The van der Waals surface area contributed by atoms with E-state index in [4.69, 9.17) is 0 Å². The molecule has 0 aromatic heterocycles. The Balaban J connectivity index is 2.75. The van der Waals surface area contributed by atoms with Crippen LogP contribution in [0.5, 0.6) is 0 Å². The van der Waals surface area contributed by atoms with E-state index in [0.29, 0.717) is 12.0 Å². The van der Waals surface area contributed by atoms with E-state index in [1.807, 2.05) is 12.1 Å². The molecule has 0 aliphatic heterocycles. The van der Waals surface area contributed by atoms with Crippen molar-refractivity contribution in [3.8, 4) is 0 Å². The smallest absolute Gasteiger partial charge is 0.123 e. The van der Waals surface area contributed by atoms with Crippen molar-refractivity contribution >= 4 is 0 Å². The van der Waals surface area contributed by atoms with Crippen molar-refractivity contribution in [1.29, 1.82) is 0 Å². The Morgan fingerprint density at radius 2 is 1.75 bits per heavy atom. The number of nitrogens with one attached hydrogen (secondary N) is 1. The van der Waals surface area contributed by atoms with Gasteiger partial charge in [0, 0.05) is 6.04 Å². The largest absolute Gasteiger partial charge is 0.313 e. The molecule has 0 radical (unpaired) electrons. The molecule has 20 heavy (non-hydrogen) atoms. The zero-order valence-corrected chi connectivity index (χ0v) is 13.3. The van der Waals surface area contributed by atoms with Crippen LogP contribution >= 0.6 is 0 Å². The topological polar surface area (TPSA) is 12.0 Å². The first kappa shape index (κ1) is 17.2. The molecule has 0 fully saturated rings. The zero-order valence-electron chi connectivity index (χ0n) is 13.3. The molecule has 1 N–H and O–H groups in total. The molecule has 0 aliphatic rings. The van der Waals surface area contributed by atoms with E-state index in [1.54, 1.807) is 6.07 Å². The molecule has 0 saturated carbocycles. The lowest BCUT2D eigenvalue weighted by Crippen LogP contribution is -2.38. The maximum absolute atomic E-state index is 13.3. The van der Waals surface area contributed by atoms with Gasteiger partial charge in [0.25, 0.3) is 0 Å². The molecular formula is C18H30FN. The van der Waals surface area contributed by atoms with Crippen LogP contribution in [0.1, 0.15) is 58.4 Å². The summed E-state index contributed by atoms with van der Waals surface area (Å²) in [5.41, 5.74) is 1.11. The van der Waals surface area contributed by atoms with E-state index in [1.165, 1.54) is 31.7 Å². The molecular weight excluding hydrogens is 249 g/mol. The molecule has 1 unspecified atom stereocenters. The predicted octanol–water partition coefficient (Wildman–Crippen LogP) is 4.95. The van der Waals surface area contributed by atoms with Crippen LogP contribution in [0.2, 0.25) is 0 Å². The average molecular weight is 279 g/mol. The van der Waals surface area contributed by atoms with Crippen LogP contribution in [-0.4, -0.2) is 12.6 Å². The Morgan fingerprint density at radius 3 is 2.30 bits per heavy atom. The van der Waals surface area contributed by atoms with Gasteiger partial charge < -0.3 is 5.32 Å². The molecule has 0 bridgehead atoms. The third kappa shape index (κ3) is 6.04. The van der Waals surface area contributed by atoms with Gasteiger partial charge in [-0.25, -0.2) is 4.39 Å². The SMILES string of the molecule is CCCNC(Cc1cccc(F)c1)C(CCC)CCC. The van der Waals surface area contributed by atoms with Crippen LogP contribution in [0.4, 0.5) is 4.39 Å². The molecule has 1 aromatic carbocycles. The highest BCUT2D eigenvalue weighted by molar-refractivity contribution is 5.17. The summed E-state index contributed by atoms with van der Waals surface area (Å²) < 4.78 is 13.3. The van der Waals surface area contributed by atoms with Gasteiger partial charge in [0.05, 0.1) is 0 Å². The van der Waals surface area contributed by atoms with Crippen molar-refractivity contribution in [2.75, 3.05) is 6.54 Å². The third-order valence-corrected chi connectivity index (χ3v) is 3.89. The Labute approximate surface area is 124 Å². The maximum Gasteiger partial charge on any atom is 0.123 e. The van der Waals surface area contributed by atoms with E-state index in [-0.39, 0.29) is 5.82 Å². The Morgan fingerprint density at radius 1 is 1.05 bits per heavy atom. The fraction of sp³-hybridized carbons (Fsp3) is 0.667. The van der Waals surface area contributed by atoms with Crippen molar-refractivity contribution in [3.63, 3.8) is 0 Å². The van der Waals surface area contributed by atoms with E-state index in [2.05, 4.69) is 26.1 Å². The first-order valence-electron chi connectivity index (χ1n) is 8.19. The zero-order chi connectivity index (χ0) is 14.8. The number of hydrogen-bond acceptors (Lipinski definition) is 1. The quantitative estimate of drug-likeness (QED) is 0.639. The molecule has 1 nitrogen and oxygen atoms in total. The lowest BCUT2D eigenvalue weighted by molar-refractivity contribution is 0.308. The lowest BCUT2D eigenvalue weighted by atomic mass is 9.86. The fourth-order valence-corrected chi connectivity index (χ4v) is 2.94. The van der Waals surface area contributed by atoms with Crippen molar-refractivity contribution in [2.45, 2.75) is 65.3 Å². The van der Waals surface area contributed by atoms with Gasteiger partial charge >= 0.3 is 0 Å². The Hall–Kier alpha value is -0.890. The summed E-state index contributed by atoms with van der Waals surface area (Å²) in [5, 5.41) is 3.68. The molecule has 114 valence electrons. The average Bonchev–Trinajstić information content (AvgIpc) is 2.43. The summed E-state index contributed by atoms with van der Waals surface area (Å²) in [7, 11) is 0. The lowest BCUT2D eigenvalue weighted by Gasteiger charge is -2.28. The molecule has 0 aliphatic carbocycles. The van der Waals surface area contributed by atoms with Crippen molar-refractivity contribution < 1.29 is 4.39 Å². The highest BCUT2D eigenvalue weighted by Crippen LogP contribution is 2.21. The van der Waals surface area contributed by atoms with Crippen LogP contribution in [0.15, 0.2) is 24.3 Å². The summed E-state index contributed by atoms with van der Waals surface area (Å²) in [5.74, 6) is 0.569. The van der Waals surface area contributed by atoms with Gasteiger partial charge in [0.15, 0.2) is 0 Å². The van der Waals surface area contributed by atoms with Crippen LogP contribution in [-0.2, 0) is 6.42 Å². The van der Waals surface area contributed by atoms with Gasteiger partial charge in [-0.05, 0) is 55.8 Å². The minimum Gasteiger partial charge on any atom is -0.313 e. The highest BCUT2D eigenvalue weighted by atomic mass is 19.1. The second kappa shape index (κ2) is 9.93. The number of rotatable bonds is 10. The first-order valence-corrected chi connectivity index (χ1v) is 8.19. The fourth-order valence-electron chi connectivity index (χ4n) is 2.94. The predicted molar refractivity (Wildman–Crippen MR) is 85.5 cm³/mol. The molecule has 0 heterocycles. The number of benzene rings is 1. The molecule has 1 atom stereocenters. The van der Waals surface area contributed by atoms with E-state index >= 15 is 0 Å². The summed E-state index contributed by atoms with van der Waals surface area (Å²) in [6.07, 6.45) is 7.03. The molecule has 0 saturated heterocycles. The summed E-state index contributed by atoms with van der Waals surface area (Å²) in [6, 6.07) is 7.52. The highest BCUT2D eigenvalue weighted by Gasteiger charge is 2.20. The molecule has 1 rings (SSSR count).